The van der Waals surface area contributed by atoms with E-state index in [-0.39, 0.29) is 17.9 Å². The van der Waals surface area contributed by atoms with Gasteiger partial charge in [-0.2, -0.15) is 0 Å². The maximum atomic E-state index is 13.1. The van der Waals surface area contributed by atoms with Crippen LogP contribution in [0.15, 0.2) is 48.7 Å². The molecule has 24 heavy (non-hydrogen) atoms. The standard InChI is InChI=1S/C19H19FN2O2/c20-14-6-7-17(21-10-14)19(23)22-11-15(13-4-2-1-3-5-13)16-12-24-9-8-18(16)22/h1-7,10,15-16,18H,8-9,11-12H2. The highest BCUT2D eigenvalue weighted by molar-refractivity contribution is 5.92. The fraction of sp³-hybridized carbons (Fsp3) is 0.368. The van der Waals surface area contributed by atoms with Crippen molar-refractivity contribution in [1.82, 2.24) is 9.88 Å². The number of benzene rings is 1. The average molecular weight is 326 g/mol. The second-order valence-corrected chi connectivity index (χ2v) is 6.43. The maximum Gasteiger partial charge on any atom is 0.272 e. The quantitative estimate of drug-likeness (QED) is 0.852. The van der Waals surface area contributed by atoms with E-state index in [0.29, 0.717) is 31.4 Å². The van der Waals surface area contributed by atoms with Gasteiger partial charge in [0, 0.05) is 31.0 Å². The van der Waals surface area contributed by atoms with Gasteiger partial charge in [0.15, 0.2) is 0 Å². The van der Waals surface area contributed by atoms with Crippen molar-refractivity contribution < 1.29 is 13.9 Å². The topological polar surface area (TPSA) is 42.4 Å². The summed E-state index contributed by atoms with van der Waals surface area (Å²) >= 11 is 0. The van der Waals surface area contributed by atoms with E-state index in [9.17, 15) is 9.18 Å². The summed E-state index contributed by atoms with van der Waals surface area (Å²) in [6.07, 6.45) is 1.93. The van der Waals surface area contributed by atoms with Crippen molar-refractivity contribution in [3.05, 3.63) is 65.7 Å². The molecule has 4 nitrogen and oxygen atoms in total. The minimum Gasteiger partial charge on any atom is -0.381 e. The average Bonchev–Trinajstić information content (AvgIpc) is 3.02. The summed E-state index contributed by atoms with van der Waals surface area (Å²) in [6.45, 7) is 1.99. The van der Waals surface area contributed by atoms with Gasteiger partial charge in [-0.05, 0) is 24.1 Å². The van der Waals surface area contributed by atoms with Crippen LogP contribution >= 0.6 is 0 Å². The maximum absolute atomic E-state index is 13.1. The van der Waals surface area contributed by atoms with E-state index in [1.54, 1.807) is 0 Å². The van der Waals surface area contributed by atoms with Crippen molar-refractivity contribution in [2.45, 2.75) is 18.4 Å². The van der Waals surface area contributed by atoms with E-state index >= 15 is 0 Å². The summed E-state index contributed by atoms with van der Waals surface area (Å²) in [7, 11) is 0. The lowest BCUT2D eigenvalue weighted by Gasteiger charge is -2.32. The summed E-state index contributed by atoms with van der Waals surface area (Å²) in [5.74, 6) is 0.0101. The van der Waals surface area contributed by atoms with Crippen molar-refractivity contribution in [1.29, 1.82) is 0 Å². The summed E-state index contributed by atoms with van der Waals surface area (Å²) in [4.78, 5) is 18.8. The number of halogens is 1. The molecule has 3 unspecified atom stereocenters. The van der Waals surface area contributed by atoms with E-state index in [1.807, 2.05) is 23.1 Å². The molecule has 4 rings (SSSR count). The third kappa shape index (κ3) is 2.69. The first-order valence-corrected chi connectivity index (χ1v) is 8.29. The number of rotatable bonds is 2. The molecule has 0 N–H and O–H groups in total. The summed E-state index contributed by atoms with van der Waals surface area (Å²) < 4.78 is 18.8. The Morgan fingerprint density at radius 1 is 1.21 bits per heavy atom. The van der Waals surface area contributed by atoms with Crippen molar-refractivity contribution in [3.63, 3.8) is 0 Å². The minimum absolute atomic E-state index is 0.120. The first-order valence-electron chi connectivity index (χ1n) is 8.29. The van der Waals surface area contributed by atoms with Crippen LogP contribution in [0.4, 0.5) is 4.39 Å². The summed E-state index contributed by atoms with van der Waals surface area (Å²) in [6, 6.07) is 13.2. The van der Waals surface area contributed by atoms with E-state index in [4.69, 9.17) is 4.74 Å². The minimum atomic E-state index is -0.431. The van der Waals surface area contributed by atoms with E-state index in [2.05, 4.69) is 17.1 Å². The Morgan fingerprint density at radius 3 is 2.79 bits per heavy atom. The zero-order chi connectivity index (χ0) is 16.5. The molecule has 2 saturated heterocycles. The van der Waals surface area contributed by atoms with E-state index < -0.39 is 5.82 Å². The predicted molar refractivity (Wildman–Crippen MR) is 87.1 cm³/mol. The highest BCUT2D eigenvalue weighted by Gasteiger charge is 2.46. The molecule has 0 radical (unpaired) electrons. The van der Waals surface area contributed by atoms with Gasteiger partial charge in [0.2, 0.25) is 0 Å². The monoisotopic (exact) mass is 326 g/mol. The number of fused-ring (bicyclic) bond motifs is 1. The first-order chi connectivity index (χ1) is 11.7. The zero-order valence-electron chi connectivity index (χ0n) is 13.3. The van der Waals surface area contributed by atoms with Gasteiger partial charge >= 0.3 is 0 Å². The zero-order valence-corrected chi connectivity index (χ0v) is 13.3. The Labute approximate surface area is 140 Å². The number of hydrogen-bond donors (Lipinski definition) is 0. The molecular formula is C19H19FN2O2. The van der Waals surface area contributed by atoms with Gasteiger partial charge in [0.1, 0.15) is 11.5 Å². The fourth-order valence-electron chi connectivity index (χ4n) is 3.94. The molecule has 1 amide bonds. The van der Waals surface area contributed by atoms with E-state index in [1.165, 1.54) is 17.7 Å². The van der Waals surface area contributed by atoms with E-state index in [0.717, 1.165) is 12.6 Å². The van der Waals surface area contributed by atoms with Crippen LogP contribution in [0.3, 0.4) is 0 Å². The molecule has 2 aromatic rings. The van der Waals surface area contributed by atoms with Gasteiger partial charge in [-0.3, -0.25) is 4.79 Å². The van der Waals surface area contributed by atoms with Gasteiger partial charge in [-0.1, -0.05) is 30.3 Å². The lowest BCUT2D eigenvalue weighted by Crippen LogP contribution is -2.42. The number of nitrogens with zero attached hydrogens (tertiary/aromatic N) is 2. The van der Waals surface area contributed by atoms with Crippen molar-refractivity contribution in [2.24, 2.45) is 5.92 Å². The van der Waals surface area contributed by atoms with Gasteiger partial charge in [-0.15, -0.1) is 0 Å². The molecule has 3 heterocycles. The molecule has 0 saturated carbocycles. The third-order valence-corrected chi connectivity index (χ3v) is 5.11. The van der Waals surface area contributed by atoms with Gasteiger partial charge in [-0.25, -0.2) is 9.37 Å². The Balaban J connectivity index is 1.63. The Hall–Kier alpha value is -2.27. The molecule has 0 aliphatic carbocycles. The number of amides is 1. The molecule has 124 valence electrons. The van der Waals surface area contributed by atoms with Crippen LogP contribution in [-0.4, -0.2) is 41.6 Å². The van der Waals surface area contributed by atoms with Crippen LogP contribution in [0.5, 0.6) is 0 Å². The second kappa shape index (κ2) is 6.32. The van der Waals surface area contributed by atoms with Gasteiger partial charge in [0.05, 0.1) is 12.8 Å². The van der Waals surface area contributed by atoms with Crippen LogP contribution in [0.2, 0.25) is 0 Å². The molecule has 2 aliphatic heterocycles. The number of likely N-dealkylation sites (tertiary alicyclic amines) is 1. The van der Waals surface area contributed by atoms with Gasteiger partial charge in [0.25, 0.3) is 5.91 Å². The molecule has 1 aromatic heterocycles. The van der Waals surface area contributed by atoms with Gasteiger partial charge < -0.3 is 9.64 Å². The van der Waals surface area contributed by atoms with Crippen molar-refractivity contribution >= 4 is 5.91 Å². The molecule has 3 atom stereocenters. The number of pyridine rings is 1. The molecule has 1 aromatic carbocycles. The van der Waals surface area contributed by atoms with Crippen LogP contribution in [0, 0.1) is 11.7 Å². The lowest BCUT2D eigenvalue weighted by molar-refractivity contribution is 0.0187. The largest absolute Gasteiger partial charge is 0.381 e. The fourth-order valence-corrected chi connectivity index (χ4v) is 3.94. The highest BCUT2D eigenvalue weighted by Crippen LogP contribution is 2.41. The highest BCUT2D eigenvalue weighted by atomic mass is 19.1. The number of aromatic nitrogens is 1. The van der Waals surface area contributed by atoms with Crippen LogP contribution in [0.25, 0.3) is 0 Å². The first kappa shape index (κ1) is 15.3. The predicted octanol–water partition coefficient (Wildman–Crippen LogP) is 2.87. The Kier molecular flexibility index (Phi) is 4.02. The number of hydrogen-bond acceptors (Lipinski definition) is 3. The summed E-state index contributed by atoms with van der Waals surface area (Å²) in [5, 5.41) is 0. The summed E-state index contributed by atoms with van der Waals surface area (Å²) in [5.41, 5.74) is 1.54. The smallest absolute Gasteiger partial charge is 0.272 e. The van der Waals surface area contributed by atoms with Crippen LogP contribution in [-0.2, 0) is 4.74 Å². The SMILES string of the molecule is O=C(c1ccc(F)cn1)N1CC(c2ccccc2)C2COCCC21. The van der Waals surface area contributed by atoms with Crippen LogP contribution in [0.1, 0.15) is 28.4 Å². The van der Waals surface area contributed by atoms with Crippen molar-refractivity contribution in [2.75, 3.05) is 19.8 Å². The number of ether oxygens (including phenoxy) is 1. The molecule has 0 bridgehead atoms. The third-order valence-electron chi connectivity index (χ3n) is 5.11. The molecule has 2 aliphatic rings. The molecule has 2 fully saturated rings. The Bertz CT molecular complexity index is 720. The van der Waals surface area contributed by atoms with Crippen molar-refractivity contribution in [3.8, 4) is 0 Å². The van der Waals surface area contributed by atoms with Crippen LogP contribution < -0.4 is 0 Å². The number of carbonyl (C=O) groups excluding carboxylic acids is 1. The number of carbonyl (C=O) groups is 1. The molecule has 0 spiro atoms. The second-order valence-electron chi connectivity index (χ2n) is 6.43. The lowest BCUT2D eigenvalue weighted by atomic mass is 9.84. The molecule has 5 heteroatoms. The molecular weight excluding hydrogens is 307 g/mol. The normalized spacial score (nSPS) is 26.2. The Morgan fingerprint density at radius 2 is 2.04 bits per heavy atom.